The molecule has 400 valence electrons. The molecule has 0 aromatic rings. The van der Waals surface area contributed by atoms with E-state index in [9.17, 15) is 28.9 Å². The van der Waals surface area contributed by atoms with Gasteiger partial charge in [0.05, 0.1) is 19.8 Å². The van der Waals surface area contributed by atoms with Gasteiger partial charge in [0.25, 0.3) is 0 Å². The van der Waals surface area contributed by atoms with Crippen molar-refractivity contribution in [2.75, 3.05) is 26.4 Å². The predicted octanol–water partition coefficient (Wildman–Crippen LogP) is 16.3. The molecule has 0 aliphatic rings. The molecular formula is C56H105O11P. The third-order valence-electron chi connectivity index (χ3n) is 12.3. The maximum Gasteiger partial charge on any atom is 0.472 e. The van der Waals surface area contributed by atoms with E-state index in [1.165, 1.54) is 122 Å². The van der Waals surface area contributed by atoms with Gasteiger partial charge in [0.15, 0.2) is 6.10 Å². The summed E-state index contributed by atoms with van der Waals surface area (Å²) in [4.78, 5) is 48.4. The van der Waals surface area contributed by atoms with Crippen LogP contribution in [0.5, 0.6) is 0 Å². The number of phosphoric acid groups is 1. The van der Waals surface area contributed by atoms with Gasteiger partial charge in [-0.1, -0.05) is 212 Å². The SMILES string of the molecule is CCCCCC/C=C\CCCCCCCC(=O)OCC(COP(=O)(O)OCC(CO)OC(=O)CCCCCCCCCCCCCCC)OC(=O)CCCCCCC/C=C\CCCCCCCC. The Bertz CT molecular complexity index is 1240. The van der Waals surface area contributed by atoms with Crippen molar-refractivity contribution in [3.05, 3.63) is 24.3 Å². The number of rotatable bonds is 53. The monoisotopic (exact) mass is 985 g/mol. The fraction of sp³-hybridized carbons (Fsp3) is 0.875. The van der Waals surface area contributed by atoms with Crippen molar-refractivity contribution < 1.29 is 52.2 Å². The molecule has 0 spiro atoms. The Morgan fingerprint density at radius 3 is 1.03 bits per heavy atom. The first-order valence-corrected chi connectivity index (χ1v) is 29.7. The number of allylic oxidation sites excluding steroid dienone is 4. The van der Waals surface area contributed by atoms with Gasteiger partial charge >= 0.3 is 25.7 Å². The second kappa shape index (κ2) is 51.3. The van der Waals surface area contributed by atoms with Gasteiger partial charge in [-0.05, 0) is 70.6 Å². The maximum absolute atomic E-state index is 12.9. The summed E-state index contributed by atoms with van der Waals surface area (Å²) in [5.74, 6) is -1.46. The number of aliphatic hydroxyl groups is 1. The molecule has 0 radical (unpaired) electrons. The van der Waals surface area contributed by atoms with Crippen LogP contribution in [0.25, 0.3) is 0 Å². The molecule has 0 aliphatic heterocycles. The molecular weight excluding hydrogens is 880 g/mol. The number of unbranched alkanes of at least 4 members (excludes halogenated alkanes) is 32. The molecule has 11 nitrogen and oxygen atoms in total. The first kappa shape index (κ1) is 66.0. The summed E-state index contributed by atoms with van der Waals surface area (Å²) >= 11 is 0. The van der Waals surface area contributed by atoms with Crippen LogP contribution in [0.15, 0.2) is 24.3 Å². The second-order valence-electron chi connectivity index (χ2n) is 19.1. The molecule has 0 amide bonds. The zero-order valence-corrected chi connectivity index (χ0v) is 45.0. The van der Waals surface area contributed by atoms with Crippen molar-refractivity contribution in [1.29, 1.82) is 0 Å². The molecule has 68 heavy (non-hydrogen) atoms. The van der Waals surface area contributed by atoms with Gasteiger partial charge in [-0.3, -0.25) is 23.4 Å². The van der Waals surface area contributed by atoms with Crippen LogP contribution in [0.3, 0.4) is 0 Å². The average Bonchev–Trinajstić information content (AvgIpc) is 3.32. The third-order valence-corrected chi connectivity index (χ3v) is 13.3. The zero-order valence-electron chi connectivity index (χ0n) is 44.1. The second-order valence-corrected chi connectivity index (χ2v) is 20.6. The highest BCUT2D eigenvalue weighted by Crippen LogP contribution is 2.43. The van der Waals surface area contributed by atoms with E-state index in [0.717, 1.165) is 96.3 Å². The van der Waals surface area contributed by atoms with Crippen LogP contribution in [-0.2, 0) is 42.2 Å². The first-order chi connectivity index (χ1) is 33.2. The number of carbonyl (C=O) groups is 3. The van der Waals surface area contributed by atoms with Crippen LogP contribution < -0.4 is 0 Å². The van der Waals surface area contributed by atoms with Gasteiger partial charge in [-0.15, -0.1) is 0 Å². The normalized spacial score (nSPS) is 13.5. The van der Waals surface area contributed by atoms with Crippen molar-refractivity contribution in [2.24, 2.45) is 0 Å². The highest BCUT2D eigenvalue weighted by molar-refractivity contribution is 7.47. The van der Waals surface area contributed by atoms with E-state index >= 15 is 0 Å². The summed E-state index contributed by atoms with van der Waals surface area (Å²) in [6.07, 6.45) is 49.9. The van der Waals surface area contributed by atoms with E-state index in [1.807, 2.05) is 0 Å². The molecule has 3 atom stereocenters. The third kappa shape index (κ3) is 49.0. The Morgan fingerprint density at radius 2 is 0.676 bits per heavy atom. The van der Waals surface area contributed by atoms with E-state index in [4.69, 9.17) is 23.3 Å². The molecule has 0 bridgehead atoms. The number of carbonyl (C=O) groups excluding carboxylic acids is 3. The number of hydrogen-bond acceptors (Lipinski definition) is 10. The van der Waals surface area contributed by atoms with Crippen LogP contribution in [-0.4, -0.2) is 66.5 Å². The fourth-order valence-electron chi connectivity index (χ4n) is 7.99. The van der Waals surface area contributed by atoms with E-state index in [1.54, 1.807) is 0 Å². The van der Waals surface area contributed by atoms with E-state index < -0.39 is 57.8 Å². The summed E-state index contributed by atoms with van der Waals surface area (Å²) in [7, 11) is -4.74. The molecule has 2 N–H and O–H groups in total. The Kier molecular flexibility index (Phi) is 49.8. The molecule has 0 rings (SSSR count). The minimum atomic E-state index is -4.74. The standard InChI is InChI=1S/C56H105O11P/c1-4-7-10-13-16-19-22-25-26-29-32-35-38-41-44-47-56(60)67-53(49-63-54(58)45-42-39-36-33-30-27-23-20-17-14-11-8-5-2)51-65-68(61,62)64-50-52(48-57)66-55(59)46-43-40-37-34-31-28-24-21-18-15-12-9-6-3/h20,23,25-26,52-53,57H,4-19,21-22,24,27-51H2,1-3H3,(H,61,62)/b23-20-,26-25-. The molecule has 0 aliphatic carbocycles. The Balaban J connectivity index is 4.71. The lowest BCUT2D eigenvalue weighted by Crippen LogP contribution is -2.30. The Hall–Kier alpha value is -2.04. The highest BCUT2D eigenvalue weighted by Gasteiger charge is 2.28. The Labute approximate surface area is 417 Å². The summed E-state index contributed by atoms with van der Waals surface area (Å²) in [5, 5.41) is 9.79. The van der Waals surface area contributed by atoms with Crippen molar-refractivity contribution in [1.82, 2.24) is 0 Å². The molecule has 0 fully saturated rings. The van der Waals surface area contributed by atoms with Crippen LogP contribution >= 0.6 is 7.82 Å². The fourth-order valence-corrected chi connectivity index (χ4v) is 8.78. The lowest BCUT2D eigenvalue weighted by atomic mass is 10.0. The number of aliphatic hydroxyl groups excluding tert-OH is 1. The van der Waals surface area contributed by atoms with Crippen molar-refractivity contribution in [3.63, 3.8) is 0 Å². The topological polar surface area (TPSA) is 155 Å². The van der Waals surface area contributed by atoms with Crippen molar-refractivity contribution in [2.45, 2.75) is 290 Å². The zero-order chi connectivity index (χ0) is 49.9. The summed E-state index contributed by atoms with van der Waals surface area (Å²) in [6, 6.07) is 0. The highest BCUT2D eigenvalue weighted by atomic mass is 31.2. The lowest BCUT2D eigenvalue weighted by molar-refractivity contribution is -0.161. The number of phosphoric ester groups is 1. The van der Waals surface area contributed by atoms with Gasteiger partial charge in [0.1, 0.15) is 12.7 Å². The molecule has 0 aromatic heterocycles. The smallest absolute Gasteiger partial charge is 0.462 e. The van der Waals surface area contributed by atoms with Crippen LogP contribution in [0.1, 0.15) is 278 Å². The summed E-state index contributed by atoms with van der Waals surface area (Å²) < 4.78 is 39.4. The predicted molar refractivity (Wildman–Crippen MR) is 280 cm³/mol. The summed E-state index contributed by atoms with van der Waals surface area (Å²) in [5.41, 5.74) is 0. The number of esters is 3. The lowest BCUT2D eigenvalue weighted by Gasteiger charge is -2.21. The number of ether oxygens (including phenoxy) is 3. The van der Waals surface area contributed by atoms with Crippen LogP contribution in [0.4, 0.5) is 0 Å². The molecule has 0 saturated carbocycles. The first-order valence-electron chi connectivity index (χ1n) is 28.2. The van der Waals surface area contributed by atoms with Gasteiger partial charge in [0, 0.05) is 19.3 Å². The molecule has 0 saturated heterocycles. The minimum Gasteiger partial charge on any atom is -0.462 e. The van der Waals surface area contributed by atoms with Gasteiger partial charge in [0.2, 0.25) is 0 Å². The van der Waals surface area contributed by atoms with Gasteiger partial charge < -0.3 is 24.2 Å². The number of hydrogen-bond donors (Lipinski definition) is 2. The summed E-state index contributed by atoms with van der Waals surface area (Å²) in [6.45, 7) is 4.64. The molecule has 3 unspecified atom stereocenters. The van der Waals surface area contributed by atoms with Crippen molar-refractivity contribution in [3.8, 4) is 0 Å². The van der Waals surface area contributed by atoms with Gasteiger partial charge in [-0.2, -0.15) is 0 Å². The van der Waals surface area contributed by atoms with Gasteiger partial charge in [-0.25, -0.2) is 4.57 Å². The van der Waals surface area contributed by atoms with Crippen LogP contribution in [0, 0.1) is 0 Å². The van der Waals surface area contributed by atoms with E-state index in [2.05, 4.69) is 45.1 Å². The van der Waals surface area contributed by atoms with Crippen LogP contribution in [0.2, 0.25) is 0 Å². The molecule has 0 heterocycles. The van der Waals surface area contributed by atoms with E-state index in [-0.39, 0.29) is 25.9 Å². The van der Waals surface area contributed by atoms with Crippen molar-refractivity contribution >= 4 is 25.7 Å². The Morgan fingerprint density at radius 1 is 0.397 bits per heavy atom. The van der Waals surface area contributed by atoms with E-state index in [0.29, 0.717) is 19.3 Å². The quantitative estimate of drug-likeness (QED) is 0.0197. The largest absolute Gasteiger partial charge is 0.472 e. The molecule has 0 aromatic carbocycles. The molecule has 12 heteroatoms. The minimum absolute atomic E-state index is 0.160. The maximum atomic E-state index is 12.9. The average molecular weight is 985 g/mol.